The molecule has 0 saturated heterocycles. The molecule has 0 aliphatic heterocycles. The van der Waals surface area contributed by atoms with Crippen LogP contribution >= 0.6 is 27.5 Å². The van der Waals surface area contributed by atoms with E-state index < -0.39 is 0 Å². The minimum absolute atomic E-state index is 0.198. The first-order chi connectivity index (χ1) is 8.66. The number of benzene rings is 1. The van der Waals surface area contributed by atoms with E-state index in [0.717, 1.165) is 10.2 Å². The molecule has 0 bridgehead atoms. The summed E-state index contributed by atoms with van der Waals surface area (Å²) >= 11 is 9.59. The lowest BCUT2D eigenvalue weighted by molar-refractivity contribution is 1.07. The molecular formula is C12H7BrClN3O. The summed E-state index contributed by atoms with van der Waals surface area (Å²) in [5.41, 5.74) is 1.19. The molecule has 2 heterocycles. The number of nitrogens with zero attached hydrogens (tertiary/aromatic N) is 2. The van der Waals surface area contributed by atoms with Gasteiger partial charge in [-0.25, -0.2) is 4.98 Å². The molecule has 0 unspecified atom stereocenters. The average molecular weight is 325 g/mol. The van der Waals surface area contributed by atoms with Gasteiger partial charge in [0, 0.05) is 10.2 Å². The molecule has 0 spiro atoms. The zero-order valence-electron chi connectivity index (χ0n) is 9.02. The van der Waals surface area contributed by atoms with Crippen LogP contribution in [-0.4, -0.2) is 14.5 Å². The predicted molar refractivity (Wildman–Crippen MR) is 74.4 cm³/mol. The summed E-state index contributed by atoms with van der Waals surface area (Å²) in [6, 6.07) is 9.24. The second kappa shape index (κ2) is 4.26. The van der Waals surface area contributed by atoms with E-state index in [4.69, 9.17) is 11.6 Å². The van der Waals surface area contributed by atoms with E-state index >= 15 is 0 Å². The molecule has 3 rings (SSSR count). The van der Waals surface area contributed by atoms with Crippen molar-refractivity contribution in [3.63, 3.8) is 0 Å². The highest BCUT2D eigenvalue weighted by Crippen LogP contribution is 2.25. The zero-order chi connectivity index (χ0) is 12.7. The van der Waals surface area contributed by atoms with E-state index in [-0.39, 0.29) is 5.56 Å². The summed E-state index contributed by atoms with van der Waals surface area (Å²) in [7, 11) is 0. The van der Waals surface area contributed by atoms with Gasteiger partial charge in [-0.1, -0.05) is 33.6 Å². The molecule has 1 aromatic carbocycles. The molecule has 1 N–H and O–H groups in total. The van der Waals surface area contributed by atoms with Crippen LogP contribution in [-0.2, 0) is 0 Å². The number of rotatable bonds is 1. The number of hydrogen-bond donors (Lipinski definition) is 1. The van der Waals surface area contributed by atoms with Gasteiger partial charge in [-0.15, -0.1) is 0 Å². The monoisotopic (exact) mass is 323 g/mol. The Morgan fingerprint density at radius 1 is 1.33 bits per heavy atom. The Balaban J connectivity index is 2.39. The fourth-order valence-electron chi connectivity index (χ4n) is 1.85. The van der Waals surface area contributed by atoms with Crippen LogP contribution in [0, 0.1) is 0 Å². The maximum absolute atomic E-state index is 11.7. The van der Waals surface area contributed by atoms with Crippen molar-refractivity contribution in [2.45, 2.75) is 0 Å². The molecule has 0 saturated carbocycles. The van der Waals surface area contributed by atoms with Crippen molar-refractivity contribution < 1.29 is 0 Å². The molecule has 0 aliphatic carbocycles. The van der Waals surface area contributed by atoms with E-state index in [9.17, 15) is 4.79 Å². The maximum atomic E-state index is 11.7. The Morgan fingerprint density at radius 2 is 2.17 bits per heavy atom. The lowest BCUT2D eigenvalue weighted by atomic mass is 10.3. The highest BCUT2D eigenvalue weighted by Gasteiger charge is 2.12. The number of hydrogen-bond acceptors (Lipinski definition) is 2. The number of H-pyrrole nitrogens is 1. The normalized spacial score (nSPS) is 11.0. The van der Waals surface area contributed by atoms with Crippen LogP contribution in [0.25, 0.3) is 16.7 Å². The fraction of sp³-hybridized carbons (Fsp3) is 0. The quantitative estimate of drug-likeness (QED) is 0.747. The number of aromatic amines is 1. The van der Waals surface area contributed by atoms with Crippen molar-refractivity contribution >= 4 is 38.6 Å². The molecule has 0 atom stereocenters. The molecule has 2 aromatic heterocycles. The molecule has 0 aliphatic rings. The summed E-state index contributed by atoms with van der Waals surface area (Å²) in [4.78, 5) is 18.4. The Labute approximate surface area is 115 Å². The number of aromatic nitrogens is 3. The van der Waals surface area contributed by atoms with Gasteiger partial charge in [-0.05, 0) is 24.3 Å². The molecular weight excluding hydrogens is 318 g/mol. The van der Waals surface area contributed by atoms with E-state index in [1.54, 1.807) is 10.6 Å². The predicted octanol–water partition coefficient (Wildman–Crippen LogP) is 3.13. The molecule has 6 heteroatoms. The maximum Gasteiger partial charge on any atom is 0.260 e. The molecule has 18 heavy (non-hydrogen) atoms. The van der Waals surface area contributed by atoms with Gasteiger partial charge < -0.3 is 4.98 Å². The van der Waals surface area contributed by atoms with Crippen LogP contribution in [0.15, 0.2) is 45.9 Å². The van der Waals surface area contributed by atoms with Crippen molar-refractivity contribution in [1.29, 1.82) is 0 Å². The summed E-state index contributed by atoms with van der Waals surface area (Å²) < 4.78 is 2.67. The third kappa shape index (κ3) is 1.76. The molecule has 0 radical (unpaired) electrons. The first-order valence-corrected chi connectivity index (χ1v) is 6.34. The molecule has 0 amide bonds. The summed E-state index contributed by atoms with van der Waals surface area (Å²) in [5, 5.41) is 0.926. The molecule has 0 fully saturated rings. The van der Waals surface area contributed by atoms with Crippen LogP contribution in [0.2, 0.25) is 5.15 Å². The number of fused-ring (bicyclic) bond motifs is 1. The van der Waals surface area contributed by atoms with Gasteiger partial charge in [0.2, 0.25) is 0 Å². The SMILES string of the molecule is O=c1[nH]cnc2c1cc(Cl)n2-c1cccc(Br)c1. The van der Waals surface area contributed by atoms with E-state index in [1.165, 1.54) is 6.33 Å². The van der Waals surface area contributed by atoms with Crippen LogP contribution in [0.3, 0.4) is 0 Å². The average Bonchev–Trinajstić information content (AvgIpc) is 2.67. The minimum atomic E-state index is -0.198. The van der Waals surface area contributed by atoms with E-state index in [1.807, 2.05) is 24.3 Å². The third-order valence-electron chi connectivity index (χ3n) is 2.62. The Morgan fingerprint density at radius 3 is 2.94 bits per heavy atom. The first kappa shape index (κ1) is 11.5. The van der Waals surface area contributed by atoms with Gasteiger partial charge in [0.15, 0.2) is 5.65 Å². The molecule has 90 valence electrons. The highest BCUT2D eigenvalue weighted by atomic mass is 79.9. The highest BCUT2D eigenvalue weighted by molar-refractivity contribution is 9.10. The van der Waals surface area contributed by atoms with E-state index in [2.05, 4.69) is 25.9 Å². The van der Waals surface area contributed by atoms with Gasteiger partial charge >= 0.3 is 0 Å². The fourth-order valence-corrected chi connectivity index (χ4v) is 2.53. The van der Waals surface area contributed by atoms with E-state index in [0.29, 0.717) is 16.2 Å². The largest absolute Gasteiger partial charge is 0.313 e. The Kier molecular flexibility index (Phi) is 2.72. The van der Waals surface area contributed by atoms with Gasteiger partial charge in [-0.2, -0.15) is 0 Å². The van der Waals surface area contributed by atoms with Crippen molar-refractivity contribution in [2.75, 3.05) is 0 Å². The lowest BCUT2D eigenvalue weighted by Crippen LogP contribution is -2.06. The van der Waals surface area contributed by atoms with Gasteiger partial charge in [0.05, 0.1) is 11.7 Å². The molecule has 4 nitrogen and oxygen atoms in total. The zero-order valence-corrected chi connectivity index (χ0v) is 11.4. The lowest BCUT2D eigenvalue weighted by Gasteiger charge is -2.06. The first-order valence-electron chi connectivity index (χ1n) is 5.17. The smallest absolute Gasteiger partial charge is 0.260 e. The second-order valence-corrected chi connectivity index (χ2v) is 5.05. The summed E-state index contributed by atoms with van der Waals surface area (Å²) in [5.74, 6) is 0. The van der Waals surface area contributed by atoms with Crippen LogP contribution in [0.1, 0.15) is 0 Å². The van der Waals surface area contributed by atoms with Gasteiger partial charge in [-0.3, -0.25) is 9.36 Å². The van der Waals surface area contributed by atoms with Gasteiger partial charge in [0.25, 0.3) is 5.56 Å². The van der Waals surface area contributed by atoms with Crippen molar-refractivity contribution in [2.24, 2.45) is 0 Å². The van der Waals surface area contributed by atoms with Crippen molar-refractivity contribution in [3.8, 4) is 5.69 Å². The number of nitrogens with one attached hydrogen (secondary N) is 1. The third-order valence-corrected chi connectivity index (χ3v) is 3.39. The Hall–Kier alpha value is -1.59. The summed E-state index contributed by atoms with van der Waals surface area (Å²) in [6.45, 7) is 0. The van der Waals surface area contributed by atoms with Crippen molar-refractivity contribution in [1.82, 2.24) is 14.5 Å². The topological polar surface area (TPSA) is 50.7 Å². The minimum Gasteiger partial charge on any atom is -0.313 e. The standard InChI is InChI=1S/C12H7BrClN3O/c13-7-2-1-3-8(4-7)17-10(14)5-9-11(17)15-6-16-12(9)18/h1-6H,(H,15,16,18). The molecule has 3 aromatic rings. The van der Waals surface area contributed by atoms with Crippen molar-refractivity contribution in [3.05, 3.63) is 56.6 Å². The van der Waals surface area contributed by atoms with Crippen LogP contribution in [0.5, 0.6) is 0 Å². The number of halogens is 2. The van der Waals surface area contributed by atoms with Crippen LogP contribution < -0.4 is 5.56 Å². The van der Waals surface area contributed by atoms with Crippen LogP contribution in [0.4, 0.5) is 0 Å². The summed E-state index contributed by atoms with van der Waals surface area (Å²) in [6.07, 6.45) is 1.37. The second-order valence-electron chi connectivity index (χ2n) is 3.75. The van der Waals surface area contributed by atoms with Gasteiger partial charge in [0.1, 0.15) is 5.15 Å². The Bertz CT molecular complexity index is 793.